The van der Waals surface area contributed by atoms with Crippen LogP contribution >= 0.6 is 22.7 Å². The summed E-state index contributed by atoms with van der Waals surface area (Å²) in [5, 5.41) is 9.44. The number of fused-ring (bicyclic) bond motifs is 1. The minimum absolute atomic E-state index is 0.563. The van der Waals surface area contributed by atoms with Crippen molar-refractivity contribution in [2.75, 3.05) is 13.1 Å². The normalized spacial score (nSPS) is 16.5. The fourth-order valence-electron chi connectivity index (χ4n) is 3.42. The van der Waals surface area contributed by atoms with Crippen molar-refractivity contribution < 1.29 is 4.52 Å². The first-order chi connectivity index (χ1) is 12.8. The highest BCUT2D eigenvalue weighted by molar-refractivity contribution is 7.18. The second kappa shape index (κ2) is 6.90. The van der Waals surface area contributed by atoms with Gasteiger partial charge in [-0.25, -0.2) is 4.98 Å². The minimum Gasteiger partial charge on any atom is -0.338 e. The summed E-state index contributed by atoms with van der Waals surface area (Å²) in [4.78, 5) is 11.8. The molecule has 0 bridgehead atoms. The highest BCUT2D eigenvalue weighted by Crippen LogP contribution is 2.34. The van der Waals surface area contributed by atoms with Gasteiger partial charge in [0.2, 0.25) is 11.7 Å². The Morgan fingerprint density at radius 3 is 2.81 bits per heavy atom. The zero-order valence-electron chi connectivity index (χ0n) is 14.2. The van der Waals surface area contributed by atoms with Crippen molar-refractivity contribution in [3.63, 3.8) is 0 Å². The first kappa shape index (κ1) is 16.1. The number of thiazole rings is 1. The van der Waals surface area contributed by atoms with Crippen LogP contribution in [0.5, 0.6) is 0 Å². The Morgan fingerprint density at radius 1 is 1.12 bits per heavy atom. The third-order valence-corrected chi connectivity index (χ3v) is 6.74. The molecule has 1 aliphatic rings. The van der Waals surface area contributed by atoms with E-state index in [0.29, 0.717) is 17.6 Å². The molecule has 4 aromatic rings. The van der Waals surface area contributed by atoms with E-state index < -0.39 is 0 Å². The lowest BCUT2D eigenvalue weighted by molar-refractivity contribution is 0.181. The van der Waals surface area contributed by atoms with Crippen molar-refractivity contribution in [1.82, 2.24) is 20.0 Å². The quantitative estimate of drug-likeness (QED) is 0.508. The second-order valence-electron chi connectivity index (χ2n) is 6.59. The number of hydrogen-bond acceptors (Lipinski definition) is 7. The van der Waals surface area contributed by atoms with Gasteiger partial charge in [-0.1, -0.05) is 17.3 Å². The predicted octanol–water partition coefficient (Wildman–Crippen LogP) is 4.79. The third-order valence-electron chi connectivity index (χ3n) is 4.85. The number of likely N-dealkylation sites (tertiary alicyclic amines) is 1. The molecular formula is C19H18N4OS2. The van der Waals surface area contributed by atoms with Crippen molar-refractivity contribution in [3.05, 3.63) is 52.0 Å². The van der Waals surface area contributed by atoms with Gasteiger partial charge in [0.05, 0.1) is 21.8 Å². The summed E-state index contributed by atoms with van der Waals surface area (Å²) in [5.74, 6) is 1.95. The summed E-state index contributed by atoms with van der Waals surface area (Å²) < 4.78 is 6.72. The molecule has 0 unspecified atom stereocenters. The van der Waals surface area contributed by atoms with Crippen LogP contribution in [-0.2, 0) is 6.54 Å². The Labute approximate surface area is 159 Å². The lowest BCUT2D eigenvalue weighted by Crippen LogP contribution is -2.32. The number of hydrogen-bond donors (Lipinski definition) is 0. The summed E-state index contributed by atoms with van der Waals surface area (Å²) in [6, 6.07) is 10.4. The Hall–Kier alpha value is -2.09. The van der Waals surface area contributed by atoms with Crippen molar-refractivity contribution in [1.29, 1.82) is 0 Å². The molecule has 0 amide bonds. The summed E-state index contributed by atoms with van der Waals surface area (Å²) in [5.41, 5.74) is 2.15. The van der Waals surface area contributed by atoms with E-state index in [-0.39, 0.29) is 0 Å². The van der Waals surface area contributed by atoms with Crippen LogP contribution in [0, 0.1) is 0 Å². The monoisotopic (exact) mass is 382 g/mol. The number of para-hydroxylation sites is 1. The van der Waals surface area contributed by atoms with Gasteiger partial charge in [0.15, 0.2) is 0 Å². The van der Waals surface area contributed by atoms with Gasteiger partial charge >= 0.3 is 0 Å². The maximum absolute atomic E-state index is 5.43. The van der Waals surface area contributed by atoms with Gasteiger partial charge in [-0.2, -0.15) is 16.3 Å². The lowest BCUT2D eigenvalue weighted by Gasteiger charge is -2.29. The zero-order chi connectivity index (χ0) is 17.3. The van der Waals surface area contributed by atoms with Crippen molar-refractivity contribution in [2.24, 2.45) is 0 Å². The van der Waals surface area contributed by atoms with E-state index in [1.165, 1.54) is 9.71 Å². The Morgan fingerprint density at radius 2 is 2.00 bits per heavy atom. The molecule has 1 aliphatic heterocycles. The summed E-state index contributed by atoms with van der Waals surface area (Å²) in [7, 11) is 0. The standard InChI is InChI=1S/C19H18N4OS2/c1-2-4-16-15(3-1)20-19(26-16)13-5-8-23(9-6-13)11-17-21-18(22-24-17)14-7-10-25-12-14/h1-4,7,10,12-13H,5-6,8-9,11H2. The minimum atomic E-state index is 0.563. The van der Waals surface area contributed by atoms with Crippen LogP contribution in [0.4, 0.5) is 0 Å². The number of benzene rings is 1. The van der Waals surface area contributed by atoms with Gasteiger partial charge in [-0.3, -0.25) is 4.90 Å². The zero-order valence-corrected chi connectivity index (χ0v) is 15.8. The first-order valence-electron chi connectivity index (χ1n) is 8.78. The molecule has 1 aromatic carbocycles. The molecule has 0 spiro atoms. The van der Waals surface area contributed by atoms with Gasteiger partial charge < -0.3 is 4.52 Å². The molecule has 132 valence electrons. The molecule has 5 nitrogen and oxygen atoms in total. The van der Waals surface area contributed by atoms with E-state index >= 15 is 0 Å². The van der Waals surface area contributed by atoms with Crippen LogP contribution in [0.3, 0.4) is 0 Å². The van der Waals surface area contributed by atoms with Crippen LogP contribution in [0.2, 0.25) is 0 Å². The van der Waals surface area contributed by atoms with Gasteiger partial charge in [0, 0.05) is 16.9 Å². The maximum Gasteiger partial charge on any atom is 0.241 e. The molecule has 26 heavy (non-hydrogen) atoms. The summed E-state index contributed by atoms with van der Waals surface area (Å²) in [6.07, 6.45) is 2.26. The van der Waals surface area contributed by atoms with E-state index in [0.717, 1.165) is 43.6 Å². The van der Waals surface area contributed by atoms with E-state index in [4.69, 9.17) is 9.51 Å². The molecule has 5 rings (SSSR count). The Kier molecular flexibility index (Phi) is 4.28. The molecule has 0 aliphatic carbocycles. The number of piperidine rings is 1. The summed E-state index contributed by atoms with van der Waals surface area (Å²) in [6.45, 7) is 2.80. The predicted molar refractivity (Wildman–Crippen MR) is 104 cm³/mol. The Balaban J connectivity index is 1.22. The molecular weight excluding hydrogens is 364 g/mol. The molecule has 1 fully saturated rings. The summed E-state index contributed by atoms with van der Waals surface area (Å²) >= 11 is 3.48. The number of nitrogens with zero attached hydrogens (tertiary/aromatic N) is 4. The van der Waals surface area contributed by atoms with Crippen LogP contribution in [0.25, 0.3) is 21.6 Å². The van der Waals surface area contributed by atoms with Crippen LogP contribution in [-0.4, -0.2) is 33.1 Å². The third kappa shape index (κ3) is 3.18. The van der Waals surface area contributed by atoms with E-state index in [2.05, 4.69) is 39.3 Å². The number of rotatable bonds is 4. The van der Waals surface area contributed by atoms with E-state index in [9.17, 15) is 0 Å². The van der Waals surface area contributed by atoms with Crippen molar-refractivity contribution in [2.45, 2.75) is 25.3 Å². The van der Waals surface area contributed by atoms with E-state index in [1.54, 1.807) is 11.3 Å². The average molecular weight is 383 g/mol. The molecule has 4 heterocycles. The SMILES string of the molecule is c1ccc2sc(C3CCN(Cc4nc(-c5ccsc5)no4)CC3)nc2c1. The fraction of sp³-hybridized carbons (Fsp3) is 0.316. The molecule has 0 atom stereocenters. The number of thiophene rings is 1. The molecule has 1 saturated heterocycles. The molecule has 0 radical (unpaired) electrons. The van der Waals surface area contributed by atoms with Gasteiger partial charge in [-0.15, -0.1) is 11.3 Å². The van der Waals surface area contributed by atoms with Gasteiger partial charge in [-0.05, 0) is 49.5 Å². The lowest BCUT2D eigenvalue weighted by atomic mass is 9.97. The molecule has 7 heteroatoms. The fourth-order valence-corrected chi connectivity index (χ4v) is 5.19. The number of aromatic nitrogens is 3. The second-order valence-corrected chi connectivity index (χ2v) is 8.44. The largest absolute Gasteiger partial charge is 0.338 e. The van der Waals surface area contributed by atoms with Crippen LogP contribution < -0.4 is 0 Å². The van der Waals surface area contributed by atoms with E-state index in [1.807, 2.05) is 28.2 Å². The topological polar surface area (TPSA) is 55.1 Å². The molecule has 0 saturated carbocycles. The van der Waals surface area contributed by atoms with Crippen molar-refractivity contribution in [3.8, 4) is 11.4 Å². The first-order valence-corrected chi connectivity index (χ1v) is 10.5. The average Bonchev–Trinajstić information content (AvgIpc) is 3.42. The Bertz CT molecular complexity index is 967. The van der Waals surface area contributed by atoms with Gasteiger partial charge in [0.25, 0.3) is 0 Å². The van der Waals surface area contributed by atoms with Crippen LogP contribution in [0.1, 0.15) is 29.7 Å². The van der Waals surface area contributed by atoms with Crippen LogP contribution in [0.15, 0.2) is 45.6 Å². The highest BCUT2D eigenvalue weighted by atomic mass is 32.1. The smallest absolute Gasteiger partial charge is 0.241 e. The van der Waals surface area contributed by atoms with Crippen molar-refractivity contribution >= 4 is 32.9 Å². The highest BCUT2D eigenvalue weighted by Gasteiger charge is 2.24. The van der Waals surface area contributed by atoms with Gasteiger partial charge in [0.1, 0.15) is 0 Å². The molecule has 3 aromatic heterocycles. The molecule has 0 N–H and O–H groups in total. The maximum atomic E-state index is 5.43.